The summed E-state index contributed by atoms with van der Waals surface area (Å²) in [5.74, 6) is -1.45. The molecule has 1 aromatic heterocycles. The smallest absolute Gasteiger partial charge is 0.326 e. The summed E-state index contributed by atoms with van der Waals surface area (Å²) in [4.78, 5) is 24.5. The summed E-state index contributed by atoms with van der Waals surface area (Å²) in [6, 6.07) is 0.944. The second kappa shape index (κ2) is 5.31. The molecule has 0 fully saturated rings. The Bertz CT molecular complexity index is 417. The first-order valence-electron chi connectivity index (χ1n) is 5.43. The van der Waals surface area contributed by atoms with Crippen molar-refractivity contribution in [1.82, 2.24) is 5.32 Å². The third-order valence-corrected chi connectivity index (χ3v) is 3.76. The third kappa shape index (κ3) is 3.30. The molecule has 17 heavy (non-hydrogen) atoms. The van der Waals surface area contributed by atoms with Crippen molar-refractivity contribution in [3.8, 4) is 0 Å². The molecule has 1 atom stereocenters. The zero-order chi connectivity index (χ0) is 13.2. The van der Waals surface area contributed by atoms with E-state index in [4.69, 9.17) is 5.11 Å². The first-order valence-corrected chi connectivity index (χ1v) is 6.25. The normalized spacial score (nSPS) is 12.5. The van der Waals surface area contributed by atoms with Gasteiger partial charge in [-0.15, -0.1) is 11.3 Å². The summed E-state index contributed by atoms with van der Waals surface area (Å²) in [5, 5.41) is 11.5. The lowest BCUT2D eigenvalue weighted by Gasteiger charge is -2.17. The van der Waals surface area contributed by atoms with Gasteiger partial charge in [0.05, 0.1) is 4.88 Å². The molecule has 0 saturated carbocycles. The SMILES string of the molecule is Cc1cc(C(=O)N[C@H](C(=O)O)C(C)C)sc1C. The van der Waals surface area contributed by atoms with E-state index in [1.807, 2.05) is 13.8 Å². The van der Waals surface area contributed by atoms with Gasteiger partial charge in [-0.1, -0.05) is 13.8 Å². The highest BCUT2D eigenvalue weighted by Gasteiger charge is 2.24. The molecule has 0 bridgehead atoms. The molecule has 0 spiro atoms. The van der Waals surface area contributed by atoms with Gasteiger partial charge in [-0.05, 0) is 31.4 Å². The Morgan fingerprint density at radius 2 is 1.94 bits per heavy atom. The van der Waals surface area contributed by atoms with Crippen LogP contribution in [-0.4, -0.2) is 23.0 Å². The summed E-state index contributed by atoms with van der Waals surface area (Å²) in [6.45, 7) is 7.40. The molecule has 0 aliphatic carbocycles. The van der Waals surface area contributed by atoms with E-state index in [0.29, 0.717) is 4.88 Å². The van der Waals surface area contributed by atoms with Crippen LogP contribution in [0.1, 0.15) is 34.0 Å². The Balaban J connectivity index is 2.81. The van der Waals surface area contributed by atoms with Gasteiger partial charge in [0.2, 0.25) is 0 Å². The van der Waals surface area contributed by atoms with Crippen molar-refractivity contribution in [3.05, 3.63) is 21.4 Å². The van der Waals surface area contributed by atoms with Gasteiger partial charge in [0.1, 0.15) is 6.04 Å². The zero-order valence-electron chi connectivity index (χ0n) is 10.4. The Morgan fingerprint density at radius 1 is 1.35 bits per heavy atom. The van der Waals surface area contributed by atoms with Crippen molar-refractivity contribution < 1.29 is 14.7 Å². The highest BCUT2D eigenvalue weighted by molar-refractivity contribution is 7.14. The standard InChI is InChI=1S/C12H17NO3S/c1-6(2)10(12(15)16)13-11(14)9-5-7(3)8(4)17-9/h5-6,10H,1-4H3,(H,13,14)(H,15,16)/t10-/m0/s1. The highest BCUT2D eigenvalue weighted by Crippen LogP contribution is 2.20. The van der Waals surface area contributed by atoms with Crippen LogP contribution in [-0.2, 0) is 4.79 Å². The topological polar surface area (TPSA) is 66.4 Å². The molecular formula is C12H17NO3S. The zero-order valence-corrected chi connectivity index (χ0v) is 11.2. The van der Waals surface area contributed by atoms with Crippen LogP contribution in [0.3, 0.4) is 0 Å². The summed E-state index contributed by atoms with van der Waals surface area (Å²) < 4.78 is 0. The van der Waals surface area contributed by atoms with E-state index in [2.05, 4.69) is 5.32 Å². The van der Waals surface area contributed by atoms with Crippen LogP contribution in [0, 0.1) is 19.8 Å². The molecule has 2 N–H and O–H groups in total. The Morgan fingerprint density at radius 3 is 2.29 bits per heavy atom. The lowest BCUT2D eigenvalue weighted by atomic mass is 10.0. The fourth-order valence-electron chi connectivity index (χ4n) is 1.41. The van der Waals surface area contributed by atoms with E-state index in [1.54, 1.807) is 19.9 Å². The summed E-state index contributed by atoms with van der Waals surface area (Å²) >= 11 is 1.38. The predicted molar refractivity (Wildman–Crippen MR) is 67.5 cm³/mol. The minimum atomic E-state index is -1.00. The molecular weight excluding hydrogens is 238 g/mol. The monoisotopic (exact) mass is 255 g/mol. The van der Waals surface area contributed by atoms with Gasteiger partial charge in [0.25, 0.3) is 5.91 Å². The van der Waals surface area contributed by atoms with Crippen LogP contribution in [0.15, 0.2) is 6.07 Å². The number of aliphatic carboxylic acids is 1. The molecule has 0 aliphatic heterocycles. The molecule has 5 heteroatoms. The molecule has 0 aliphatic rings. The van der Waals surface area contributed by atoms with Crippen LogP contribution < -0.4 is 5.32 Å². The number of carbonyl (C=O) groups excluding carboxylic acids is 1. The van der Waals surface area contributed by atoms with Gasteiger partial charge in [-0.2, -0.15) is 0 Å². The number of nitrogens with one attached hydrogen (secondary N) is 1. The molecule has 1 amide bonds. The van der Waals surface area contributed by atoms with Crippen molar-refractivity contribution in [2.45, 2.75) is 33.7 Å². The number of hydrogen-bond acceptors (Lipinski definition) is 3. The van der Waals surface area contributed by atoms with Gasteiger partial charge >= 0.3 is 5.97 Å². The maximum atomic E-state index is 11.9. The van der Waals surface area contributed by atoms with E-state index < -0.39 is 12.0 Å². The minimum Gasteiger partial charge on any atom is -0.480 e. The van der Waals surface area contributed by atoms with Crippen LogP contribution in [0.2, 0.25) is 0 Å². The van der Waals surface area contributed by atoms with Crippen molar-refractivity contribution in [3.63, 3.8) is 0 Å². The molecule has 1 rings (SSSR count). The summed E-state index contributed by atoms with van der Waals surface area (Å²) in [7, 11) is 0. The van der Waals surface area contributed by atoms with E-state index in [-0.39, 0.29) is 11.8 Å². The summed E-state index contributed by atoms with van der Waals surface area (Å²) in [5.41, 5.74) is 1.05. The molecule has 0 unspecified atom stereocenters. The van der Waals surface area contributed by atoms with Crippen molar-refractivity contribution in [1.29, 1.82) is 0 Å². The van der Waals surface area contributed by atoms with Gasteiger partial charge in [-0.25, -0.2) is 4.79 Å². The van der Waals surface area contributed by atoms with Gasteiger partial charge < -0.3 is 10.4 Å². The molecule has 0 radical (unpaired) electrons. The van der Waals surface area contributed by atoms with Crippen molar-refractivity contribution >= 4 is 23.2 Å². The predicted octanol–water partition coefficient (Wildman–Crippen LogP) is 2.20. The number of amides is 1. The molecule has 4 nitrogen and oxygen atoms in total. The average molecular weight is 255 g/mol. The second-order valence-corrected chi connectivity index (χ2v) is 5.64. The molecule has 94 valence electrons. The van der Waals surface area contributed by atoms with Gasteiger partial charge in [0.15, 0.2) is 0 Å². The van der Waals surface area contributed by atoms with E-state index >= 15 is 0 Å². The van der Waals surface area contributed by atoms with Crippen LogP contribution in [0.5, 0.6) is 0 Å². The van der Waals surface area contributed by atoms with Crippen molar-refractivity contribution in [2.75, 3.05) is 0 Å². The molecule has 1 aromatic rings. The largest absolute Gasteiger partial charge is 0.480 e. The highest BCUT2D eigenvalue weighted by atomic mass is 32.1. The maximum Gasteiger partial charge on any atom is 0.326 e. The minimum absolute atomic E-state index is 0.140. The number of aryl methyl sites for hydroxylation is 2. The Labute approximate surface area is 105 Å². The first-order chi connectivity index (χ1) is 7.82. The first kappa shape index (κ1) is 13.7. The fourth-order valence-corrected chi connectivity index (χ4v) is 2.35. The van der Waals surface area contributed by atoms with Crippen LogP contribution >= 0.6 is 11.3 Å². The van der Waals surface area contributed by atoms with E-state index in [9.17, 15) is 9.59 Å². The Hall–Kier alpha value is -1.36. The quantitative estimate of drug-likeness (QED) is 0.866. The molecule has 0 aromatic carbocycles. The van der Waals surface area contributed by atoms with Gasteiger partial charge in [0, 0.05) is 4.88 Å². The number of carboxylic acid groups (broad SMARTS) is 1. The second-order valence-electron chi connectivity index (χ2n) is 4.38. The molecule has 1 heterocycles. The average Bonchev–Trinajstić information content (AvgIpc) is 2.54. The lowest BCUT2D eigenvalue weighted by Crippen LogP contribution is -2.44. The van der Waals surface area contributed by atoms with Crippen molar-refractivity contribution in [2.24, 2.45) is 5.92 Å². The third-order valence-electron chi connectivity index (χ3n) is 2.61. The number of carboxylic acids is 1. The number of carbonyl (C=O) groups is 2. The fraction of sp³-hybridized carbons (Fsp3) is 0.500. The van der Waals surface area contributed by atoms with Crippen LogP contribution in [0.25, 0.3) is 0 Å². The van der Waals surface area contributed by atoms with E-state index in [1.165, 1.54) is 11.3 Å². The Kier molecular flexibility index (Phi) is 4.28. The number of hydrogen-bond donors (Lipinski definition) is 2. The number of rotatable bonds is 4. The van der Waals surface area contributed by atoms with Crippen LogP contribution in [0.4, 0.5) is 0 Å². The number of thiophene rings is 1. The summed E-state index contributed by atoms with van der Waals surface area (Å²) in [6.07, 6.45) is 0. The molecule has 0 saturated heterocycles. The van der Waals surface area contributed by atoms with E-state index in [0.717, 1.165) is 10.4 Å². The lowest BCUT2D eigenvalue weighted by molar-refractivity contribution is -0.140. The maximum absolute atomic E-state index is 11.9. The van der Waals surface area contributed by atoms with Gasteiger partial charge in [-0.3, -0.25) is 4.79 Å².